The van der Waals surface area contributed by atoms with Crippen LogP contribution in [0.1, 0.15) is 46.4 Å². The fourth-order valence-corrected chi connectivity index (χ4v) is 5.19. The van der Waals surface area contributed by atoms with Gasteiger partial charge in [0.15, 0.2) is 0 Å². The van der Waals surface area contributed by atoms with Crippen LogP contribution in [0.5, 0.6) is 0 Å². The van der Waals surface area contributed by atoms with Gasteiger partial charge in [-0.2, -0.15) is 0 Å². The minimum atomic E-state index is -0.538. The molecule has 2 fully saturated rings. The van der Waals surface area contributed by atoms with Gasteiger partial charge in [0.1, 0.15) is 5.69 Å². The Labute approximate surface area is 172 Å². The van der Waals surface area contributed by atoms with Crippen molar-refractivity contribution < 1.29 is 14.6 Å². The average Bonchev–Trinajstić information content (AvgIpc) is 3.05. The summed E-state index contributed by atoms with van der Waals surface area (Å²) in [7, 11) is 1.83. The van der Waals surface area contributed by atoms with Gasteiger partial charge in [-0.05, 0) is 57.2 Å². The highest BCUT2D eigenvalue weighted by atomic mass is 16.5. The molecule has 1 aromatic heterocycles. The Morgan fingerprint density at radius 1 is 1.21 bits per heavy atom. The van der Waals surface area contributed by atoms with Crippen LogP contribution >= 0.6 is 0 Å². The largest absolute Gasteiger partial charge is 0.389 e. The maximum Gasteiger partial charge on any atom is 0.270 e. The third-order valence-electron chi connectivity index (χ3n) is 6.84. The Morgan fingerprint density at radius 3 is 2.66 bits per heavy atom. The number of likely N-dealkylation sites (N-methyl/N-ethyl adjacent to an activating group) is 1. The van der Waals surface area contributed by atoms with E-state index in [1.54, 1.807) is 4.90 Å². The molecule has 6 heteroatoms. The quantitative estimate of drug-likeness (QED) is 0.833. The van der Waals surface area contributed by atoms with E-state index >= 15 is 0 Å². The number of fused-ring (bicyclic) bond motifs is 1. The van der Waals surface area contributed by atoms with Crippen molar-refractivity contribution in [2.45, 2.75) is 58.2 Å². The van der Waals surface area contributed by atoms with E-state index in [2.05, 4.69) is 35.9 Å². The van der Waals surface area contributed by atoms with Gasteiger partial charge >= 0.3 is 0 Å². The van der Waals surface area contributed by atoms with Crippen molar-refractivity contribution in [1.82, 2.24) is 14.8 Å². The van der Waals surface area contributed by atoms with E-state index in [-0.39, 0.29) is 18.0 Å². The van der Waals surface area contributed by atoms with E-state index in [1.165, 1.54) is 5.56 Å². The van der Waals surface area contributed by atoms with Gasteiger partial charge in [-0.1, -0.05) is 11.6 Å². The third kappa shape index (κ3) is 3.69. The van der Waals surface area contributed by atoms with Crippen LogP contribution in [0, 0.1) is 20.8 Å². The molecule has 2 aromatic rings. The molecule has 1 saturated carbocycles. The number of H-pyrrole nitrogens is 1. The normalized spacial score (nSPS) is 26.0. The molecule has 1 aliphatic heterocycles. The van der Waals surface area contributed by atoms with Crippen molar-refractivity contribution >= 4 is 16.8 Å². The highest BCUT2D eigenvalue weighted by Crippen LogP contribution is 2.30. The number of nitrogens with zero attached hydrogens (tertiary/aromatic N) is 2. The number of hydrogen-bond acceptors (Lipinski definition) is 4. The van der Waals surface area contributed by atoms with E-state index in [4.69, 9.17) is 4.74 Å². The summed E-state index contributed by atoms with van der Waals surface area (Å²) in [6.07, 6.45) is 2.29. The van der Waals surface area contributed by atoms with Crippen LogP contribution < -0.4 is 0 Å². The molecule has 158 valence electrons. The van der Waals surface area contributed by atoms with Crippen LogP contribution in [0.4, 0.5) is 0 Å². The Balaban J connectivity index is 1.58. The second kappa shape index (κ2) is 8.09. The van der Waals surface area contributed by atoms with E-state index in [0.717, 1.165) is 67.6 Å². The molecule has 2 aliphatic rings. The van der Waals surface area contributed by atoms with Gasteiger partial charge in [0, 0.05) is 37.1 Å². The minimum absolute atomic E-state index is 0.0394. The Bertz CT molecular complexity index is 900. The predicted octanol–water partition coefficient (Wildman–Crippen LogP) is 2.78. The van der Waals surface area contributed by atoms with Crippen molar-refractivity contribution in [3.63, 3.8) is 0 Å². The third-order valence-corrected chi connectivity index (χ3v) is 6.84. The topological polar surface area (TPSA) is 68.8 Å². The van der Waals surface area contributed by atoms with Gasteiger partial charge in [-0.15, -0.1) is 0 Å². The first-order valence-electron chi connectivity index (χ1n) is 10.7. The summed E-state index contributed by atoms with van der Waals surface area (Å²) >= 11 is 0. The summed E-state index contributed by atoms with van der Waals surface area (Å²) in [5.74, 6) is -0.0394. The first-order chi connectivity index (χ1) is 13.9. The van der Waals surface area contributed by atoms with Gasteiger partial charge in [0.05, 0.1) is 25.4 Å². The fraction of sp³-hybridized carbons (Fsp3) is 0.609. The molecule has 0 bridgehead atoms. The highest BCUT2D eigenvalue weighted by molar-refractivity contribution is 6.01. The zero-order chi connectivity index (χ0) is 20.7. The molecule has 4 rings (SSSR count). The molecule has 1 saturated heterocycles. The number of aliphatic hydroxyl groups is 1. The van der Waals surface area contributed by atoms with Gasteiger partial charge < -0.3 is 19.7 Å². The van der Waals surface area contributed by atoms with Crippen LogP contribution in [0.3, 0.4) is 0 Å². The van der Waals surface area contributed by atoms with Crippen molar-refractivity contribution in [3.8, 4) is 0 Å². The molecule has 2 heterocycles. The van der Waals surface area contributed by atoms with Crippen molar-refractivity contribution in [1.29, 1.82) is 0 Å². The number of aliphatic hydroxyl groups excluding tert-OH is 1. The van der Waals surface area contributed by atoms with Gasteiger partial charge in [0.25, 0.3) is 5.91 Å². The number of benzene rings is 1. The van der Waals surface area contributed by atoms with Crippen molar-refractivity contribution in [2.75, 3.05) is 33.4 Å². The number of carbonyl (C=O) groups is 1. The second-order valence-corrected chi connectivity index (χ2v) is 8.75. The second-order valence-electron chi connectivity index (χ2n) is 8.75. The van der Waals surface area contributed by atoms with Crippen LogP contribution in [0.2, 0.25) is 0 Å². The number of amides is 1. The van der Waals surface area contributed by atoms with E-state index in [9.17, 15) is 9.90 Å². The smallest absolute Gasteiger partial charge is 0.270 e. The number of rotatable bonds is 3. The average molecular weight is 400 g/mol. The molecular weight excluding hydrogens is 366 g/mol. The molecular formula is C23H33N3O3. The highest BCUT2D eigenvalue weighted by Gasteiger charge is 2.39. The minimum Gasteiger partial charge on any atom is -0.389 e. The summed E-state index contributed by atoms with van der Waals surface area (Å²) in [5.41, 5.74) is 4.99. The summed E-state index contributed by atoms with van der Waals surface area (Å²) in [6, 6.07) is 4.20. The Kier molecular flexibility index (Phi) is 5.69. The molecule has 0 radical (unpaired) electrons. The number of morpholine rings is 1. The van der Waals surface area contributed by atoms with Crippen LogP contribution in [-0.4, -0.2) is 77.3 Å². The molecule has 1 aliphatic carbocycles. The summed E-state index contributed by atoms with van der Waals surface area (Å²) < 4.78 is 5.46. The standard InChI is InChI=1S/C23H33N3O3/c1-14-12-15(2)20-17(13-14)16(3)21(24-20)23(28)25(4)18-6-5-7-19(22(18)27)26-8-10-29-11-9-26/h12-13,18-19,22,24,27H,5-11H2,1-4H3/t18-,19-,22-/m1/s1. The van der Waals surface area contributed by atoms with Gasteiger partial charge in [-0.3, -0.25) is 9.69 Å². The number of carbonyl (C=O) groups excluding carboxylic acids is 1. The lowest BCUT2D eigenvalue weighted by Gasteiger charge is -2.45. The first kappa shape index (κ1) is 20.4. The van der Waals surface area contributed by atoms with Crippen LogP contribution in [0.25, 0.3) is 10.9 Å². The lowest BCUT2D eigenvalue weighted by atomic mass is 9.86. The fourth-order valence-electron chi connectivity index (χ4n) is 5.19. The molecule has 29 heavy (non-hydrogen) atoms. The van der Waals surface area contributed by atoms with E-state index < -0.39 is 6.10 Å². The SMILES string of the molecule is Cc1cc(C)c2[nH]c(C(=O)N(C)[C@@H]3CCC[C@@H](N4CCOCC4)[C@@H]3O)c(C)c2c1. The van der Waals surface area contributed by atoms with E-state index in [1.807, 2.05) is 14.0 Å². The molecule has 1 amide bonds. The van der Waals surface area contributed by atoms with Crippen LogP contribution in [0.15, 0.2) is 12.1 Å². The summed E-state index contributed by atoms with van der Waals surface area (Å²) in [4.78, 5) is 20.9. The zero-order valence-electron chi connectivity index (χ0n) is 18.0. The van der Waals surface area contributed by atoms with Gasteiger partial charge in [-0.25, -0.2) is 0 Å². The molecule has 0 unspecified atom stereocenters. The Morgan fingerprint density at radius 2 is 1.93 bits per heavy atom. The van der Waals surface area contributed by atoms with Crippen LogP contribution in [-0.2, 0) is 4.74 Å². The van der Waals surface area contributed by atoms with Gasteiger partial charge in [0.2, 0.25) is 0 Å². The molecule has 0 spiro atoms. The molecule has 2 N–H and O–H groups in total. The number of aryl methyl sites for hydroxylation is 3. The predicted molar refractivity (Wildman–Crippen MR) is 114 cm³/mol. The number of aromatic nitrogens is 1. The lowest BCUT2D eigenvalue weighted by molar-refractivity contribution is -0.0614. The summed E-state index contributed by atoms with van der Waals surface area (Å²) in [5, 5.41) is 12.3. The Hall–Kier alpha value is -1.89. The van der Waals surface area contributed by atoms with Crippen molar-refractivity contribution in [2.24, 2.45) is 0 Å². The maximum absolute atomic E-state index is 13.4. The summed E-state index contributed by atoms with van der Waals surface area (Å²) in [6.45, 7) is 9.30. The molecule has 1 aromatic carbocycles. The number of aromatic amines is 1. The number of hydrogen-bond donors (Lipinski definition) is 2. The van der Waals surface area contributed by atoms with Crippen molar-refractivity contribution in [3.05, 3.63) is 34.5 Å². The zero-order valence-corrected chi connectivity index (χ0v) is 18.0. The molecule has 3 atom stereocenters. The van der Waals surface area contributed by atoms with E-state index in [0.29, 0.717) is 5.69 Å². The first-order valence-corrected chi connectivity index (χ1v) is 10.7. The molecule has 6 nitrogen and oxygen atoms in total. The number of nitrogens with one attached hydrogen (secondary N) is 1. The number of ether oxygens (including phenoxy) is 1. The lowest BCUT2D eigenvalue weighted by Crippen LogP contribution is -2.58. The maximum atomic E-state index is 13.4. The monoisotopic (exact) mass is 399 g/mol.